The molecular weight excluding hydrogens is 312 g/mol. The zero-order valence-electron chi connectivity index (χ0n) is 10.2. The smallest absolute Gasteiger partial charge is 0.254 e. The summed E-state index contributed by atoms with van der Waals surface area (Å²) in [4.78, 5) is 20.0. The van der Waals surface area contributed by atoms with Gasteiger partial charge in [0.05, 0.1) is 5.75 Å². The van der Waals surface area contributed by atoms with Crippen LogP contribution in [0.2, 0.25) is 0 Å². The van der Waals surface area contributed by atoms with E-state index in [4.69, 9.17) is 0 Å². The Morgan fingerprint density at radius 3 is 2.72 bits per heavy atom. The Bertz CT molecular complexity index is 625. The summed E-state index contributed by atoms with van der Waals surface area (Å²) in [6.45, 7) is 3.64. The Kier molecular flexibility index (Phi) is 4.24. The van der Waals surface area contributed by atoms with Crippen molar-refractivity contribution in [1.82, 2.24) is 9.97 Å². The van der Waals surface area contributed by atoms with E-state index in [1.54, 1.807) is 18.7 Å². The number of nitrogens with zero attached hydrogens (tertiary/aromatic N) is 1. The van der Waals surface area contributed by atoms with Crippen LogP contribution in [0.25, 0.3) is 0 Å². The van der Waals surface area contributed by atoms with Crippen LogP contribution >= 0.6 is 27.7 Å². The van der Waals surface area contributed by atoms with Crippen LogP contribution in [0.1, 0.15) is 17.1 Å². The minimum atomic E-state index is -0.0507. The van der Waals surface area contributed by atoms with Crippen LogP contribution in [0.15, 0.2) is 38.4 Å². The monoisotopic (exact) mass is 324 g/mol. The van der Waals surface area contributed by atoms with Crippen molar-refractivity contribution in [2.45, 2.75) is 24.5 Å². The minimum Gasteiger partial charge on any atom is -0.310 e. The van der Waals surface area contributed by atoms with Gasteiger partial charge in [0.15, 0.2) is 0 Å². The predicted molar refractivity (Wildman–Crippen MR) is 78.0 cm³/mol. The molecule has 0 amide bonds. The molecule has 1 aromatic carbocycles. The highest BCUT2D eigenvalue weighted by molar-refractivity contribution is 9.10. The summed E-state index contributed by atoms with van der Waals surface area (Å²) in [5.74, 6) is 1.36. The second-order valence-electron chi connectivity index (χ2n) is 3.94. The van der Waals surface area contributed by atoms with E-state index in [1.165, 1.54) is 0 Å². The van der Waals surface area contributed by atoms with E-state index in [-0.39, 0.29) is 5.56 Å². The molecule has 1 aromatic heterocycles. The van der Waals surface area contributed by atoms with Gasteiger partial charge in [0.1, 0.15) is 5.82 Å². The van der Waals surface area contributed by atoms with Gasteiger partial charge in [-0.2, -0.15) is 0 Å². The van der Waals surface area contributed by atoms with E-state index >= 15 is 0 Å². The SMILES string of the molecule is Cc1nc(CSc2ccccc2Br)[nH]c(=O)c1C. The molecule has 2 aromatic rings. The Labute approximate surface area is 118 Å². The van der Waals surface area contributed by atoms with Gasteiger partial charge in [0.2, 0.25) is 0 Å². The van der Waals surface area contributed by atoms with Crippen molar-refractivity contribution < 1.29 is 0 Å². The molecule has 0 spiro atoms. The maximum Gasteiger partial charge on any atom is 0.254 e. The van der Waals surface area contributed by atoms with Crippen molar-refractivity contribution in [2.75, 3.05) is 0 Å². The fraction of sp³-hybridized carbons (Fsp3) is 0.231. The van der Waals surface area contributed by atoms with E-state index in [9.17, 15) is 4.79 Å². The molecule has 0 atom stereocenters. The van der Waals surface area contributed by atoms with E-state index in [0.29, 0.717) is 17.1 Å². The lowest BCUT2D eigenvalue weighted by Crippen LogP contribution is -2.15. The molecule has 1 heterocycles. The van der Waals surface area contributed by atoms with Crippen LogP contribution in [-0.2, 0) is 5.75 Å². The number of halogens is 1. The normalized spacial score (nSPS) is 10.6. The largest absolute Gasteiger partial charge is 0.310 e. The number of aromatic amines is 1. The average Bonchev–Trinajstić information content (AvgIpc) is 2.35. The highest BCUT2D eigenvalue weighted by Crippen LogP contribution is 2.28. The van der Waals surface area contributed by atoms with Gasteiger partial charge in [-0.3, -0.25) is 4.79 Å². The van der Waals surface area contributed by atoms with Crippen molar-refractivity contribution in [3.8, 4) is 0 Å². The molecule has 0 aliphatic rings. The van der Waals surface area contributed by atoms with Gasteiger partial charge in [-0.05, 0) is 41.9 Å². The highest BCUT2D eigenvalue weighted by atomic mass is 79.9. The Morgan fingerprint density at radius 2 is 2.06 bits per heavy atom. The van der Waals surface area contributed by atoms with Crippen LogP contribution in [-0.4, -0.2) is 9.97 Å². The predicted octanol–water partition coefficient (Wildman–Crippen LogP) is 3.44. The maximum atomic E-state index is 11.6. The fourth-order valence-electron chi connectivity index (χ4n) is 1.48. The zero-order chi connectivity index (χ0) is 13.1. The van der Waals surface area contributed by atoms with Crippen molar-refractivity contribution in [2.24, 2.45) is 0 Å². The molecule has 94 valence electrons. The summed E-state index contributed by atoms with van der Waals surface area (Å²) in [5, 5.41) is 0. The van der Waals surface area contributed by atoms with Crippen LogP contribution in [0.5, 0.6) is 0 Å². The molecule has 5 heteroatoms. The van der Waals surface area contributed by atoms with Gasteiger partial charge in [-0.25, -0.2) is 4.98 Å². The maximum absolute atomic E-state index is 11.6. The minimum absolute atomic E-state index is 0.0507. The molecule has 0 aliphatic carbocycles. The number of hydrogen-bond acceptors (Lipinski definition) is 3. The van der Waals surface area contributed by atoms with Crippen molar-refractivity contribution in [1.29, 1.82) is 0 Å². The second-order valence-corrected chi connectivity index (χ2v) is 5.81. The van der Waals surface area contributed by atoms with Gasteiger partial charge in [-0.15, -0.1) is 11.8 Å². The molecule has 0 fully saturated rings. The standard InChI is InChI=1S/C13H13BrN2OS/c1-8-9(2)15-12(16-13(8)17)7-18-11-6-4-3-5-10(11)14/h3-6H,7H2,1-2H3,(H,15,16,17). The summed E-state index contributed by atoms with van der Waals surface area (Å²) < 4.78 is 1.06. The lowest BCUT2D eigenvalue weighted by Gasteiger charge is -2.05. The van der Waals surface area contributed by atoms with Crippen molar-refractivity contribution in [3.63, 3.8) is 0 Å². The van der Waals surface area contributed by atoms with E-state index < -0.39 is 0 Å². The molecule has 0 saturated heterocycles. The first-order chi connectivity index (χ1) is 8.58. The Morgan fingerprint density at radius 1 is 1.33 bits per heavy atom. The van der Waals surface area contributed by atoms with Crippen LogP contribution in [0.3, 0.4) is 0 Å². The van der Waals surface area contributed by atoms with Crippen LogP contribution in [0, 0.1) is 13.8 Å². The number of aromatic nitrogens is 2. The van der Waals surface area contributed by atoms with Gasteiger partial charge < -0.3 is 4.98 Å². The number of thioether (sulfide) groups is 1. The fourth-order valence-corrected chi connectivity index (χ4v) is 2.92. The first kappa shape index (κ1) is 13.4. The summed E-state index contributed by atoms with van der Waals surface area (Å²) in [5.41, 5.74) is 1.43. The molecule has 0 unspecified atom stereocenters. The van der Waals surface area contributed by atoms with Crippen molar-refractivity contribution in [3.05, 3.63) is 56.2 Å². The second kappa shape index (κ2) is 5.71. The summed E-state index contributed by atoms with van der Waals surface area (Å²) in [6, 6.07) is 8.00. The number of nitrogens with one attached hydrogen (secondary N) is 1. The number of H-pyrrole nitrogens is 1. The first-order valence-electron chi connectivity index (χ1n) is 5.51. The molecule has 3 nitrogen and oxygen atoms in total. The zero-order valence-corrected chi connectivity index (χ0v) is 12.6. The van der Waals surface area contributed by atoms with E-state index in [1.807, 2.05) is 31.2 Å². The molecule has 18 heavy (non-hydrogen) atoms. The number of rotatable bonds is 3. The molecule has 0 bridgehead atoms. The third kappa shape index (κ3) is 3.03. The van der Waals surface area contributed by atoms with E-state index in [2.05, 4.69) is 25.9 Å². The summed E-state index contributed by atoms with van der Waals surface area (Å²) >= 11 is 5.14. The van der Waals surface area contributed by atoms with E-state index in [0.717, 1.165) is 15.1 Å². The lowest BCUT2D eigenvalue weighted by molar-refractivity contribution is 0.942. The summed E-state index contributed by atoms with van der Waals surface area (Å²) in [6.07, 6.45) is 0. The molecule has 0 radical (unpaired) electrons. The van der Waals surface area contributed by atoms with Crippen LogP contribution in [0.4, 0.5) is 0 Å². The van der Waals surface area contributed by atoms with Gasteiger partial charge in [-0.1, -0.05) is 12.1 Å². The molecule has 0 aliphatic heterocycles. The Balaban J connectivity index is 2.17. The third-order valence-corrected chi connectivity index (χ3v) is 4.68. The summed E-state index contributed by atoms with van der Waals surface area (Å²) in [7, 11) is 0. The van der Waals surface area contributed by atoms with Gasteiger partial charge in [0.25, 0.3) is 5.56 Å². The van der Waals surface area contributed by atoms with Crippen LogP contribution < -0.4 is 5.56 Å². The first-order valence-corrected chi connectivity index (χ1v) is 7.29. The lowest BCUT2D eigenvalue weighted by atomic mass is 10.3. The molecule has 2 rings (SSSR count). The molecular formula is C13H13BrN2OS. The quantitative estimate of drug-likeness (QED) is 0.879. The number of hydrogen-bond donors (Lipinski definition) is 1. The topological polar surface area (TPSA) is 45.8 Å². The molecule has 1 N–H and O–H groups in total. The Hall–Kier alpha value is -1.07. The van der Waals surface area contributed by atoms with Crippen molar-refractivity contribution >= 4 is 27.7 Å². The molecule has 0 saturated carbocycles. The highest BCUT2D eigenvalue weighted by Gasteiger charge is 2.05. The number of aryl methyl sites for hydroxylation is 1. The van der Waals surface area contributed by atoms with Gasteiger partial charge in [0, 0.05) is 20.6 Å². The van der Waals surface area contributed by atoms with Gasteiger partial charge >= 0.3 is 0 Å². The third-order valence-electron chi connectivity index (χ3n) is 2.64. The average molecular weight is 325 g/mol. The number of benzene rings is 1.